The van der Waals surface area contributed by atoms with Crippen molar-refractivity contribution in [3.8, 4) is 0 Å². The number of aromatic nitrogens is 2. The molecule has 1 aromatic rings. The predicted molar refractivity (Wildman–Crippen MR) is 82.0 cm³/mol. The third-order valence-corrected chi connectivity index (χ3v) is 4.81. The molecule has 5 heteroatoms. The highest BCUT2D eigenvalue weighted by molar-refractivity contribution is 5.80. The quantitative estimate of drug-likeness (QED) is 0.929. The van der Waals surface area contributed by atoms with Gasteiger partial charge in [0, 0.05) is 25.3 Å². The average molecular weight is 290 g/mol. The van der Waals surface area contributed by atoms with Crippen molar-refractivity contribution in [3.63, 3.8) is 0 Å². The number of hydrogen-bond donors (Lipinski definition) is 1. The molecule has 116 valence electrons. The lowest BCUT2D eigenvalue weighted by Crippen LogP contribution is -2.40. The summed E-state index contributed by atoms with van der Waals surface area (Å²) < 4.78 is 2.07. The second-order valence-electron chi connectivity index (χ2n) is 6.29. The van der Waals surface area contributed by atoms with Gasteiger partial charge >= 0.3 is 0 Å². The summed E-state index contributed by atoms with van der Waals surface area (Å²) in [5.74, 6) is 0.241. The van der Waals surface area contributed by atoms with Crippen molar-refractivity contribution in [3.05, 3.63) is 18.2 Å². The fourth-order valence-electron chi connectivity index (χ4n) is 3.51. The minimum atomic E-state index is -0.149. The van der Waals surface area contributed by atoms with Crippen LogP contribution in [-0.2, 0) is 4.79 Å². The van der Waals surface area contributed by atoms with Gasteiger partial charge in [-0.1, -0.05) is 6.42 Å². The lowest BCUT2D eigenvalue weighted by Gasteiger charge is -2.31. The van der Waals surface area contributed by atoms with Crippen LogP contribution in [0.2, 0.25) is 0 Å². The Hall–Kier alpha value is -1.36. The summed E-state index contributed by atoms with van der Waals surface area (Å²) in [5, 5.41) is 3.55. The van der Waals surface area contributed by atoms with E-state index in [9.17, 15) is 4.79 Å². The molecule has 21 heavy (non-hydrogen) atoms. The standard InChI is InChI=1S/C16H26N4O/c1-13(16(21)19-9-5-2-6-10-19)20-12-17-11-15(20)14-7-3-4-8-18-14/h11-14,18H,2-10H2,1H3. The zero-order valence-corrected chi connectivity index (χ0v) is 12.9. The van der Waals surface area contributed by atoms with Crippen LogP contribution in [0, 0.1) is 0 Å². The maximum Gasteiger partial charge on any atom is 0.245 e. The van der Waals surface area contributed by atoms with Crippen LogP contribution in [-0.4, -0.2) is 40.0 Å². The van der Waals surface area contributed by atoms with Gasteiger partial charge in [-0.15, -0.1) is 0 Å². The third kappa shape index (κ3) is 3.12. The summed E-state index contributed by atoms with van der Waals surface area (Å²) in [4.78, 5) is 19.0. The van der Waals surface area contributed by atoms with Crippen molar-refractivity contribution in [1.82, 2.24) is 19.8 Å². The van der Waals surface area contributed by atoms with Crippen LogP contribution in [0.25, 0.3) is 0 Å². The molecule has 0 aliphatic carbocycles. The molecule has 2 fully saturated rings. The summed E-state index contributed by atoms with van der Waals surface area (Å²) in [6, 6.07) is 0.196. The second-order valence-corrected chi connectivity index (χ2v) is 6.29. The molecular weight excluding hydrogens is 264 g/mol. The molecule has 0 bridgehead atoms. The number of likely N-dealkylation sites (tertiary alicyclic amines) is 1. The number of nitrogens with zero attached hydrogens (tertiary/aromatic N) is 3. The van der Waals surface area contributed by atoms with Gasteiger partial charge in [-0.3, -0.25) is 4.79 Å². The summed E-state index contributed by atoms with van der Waals surface area (Å²) in [6.45, 7) is 4.89. The van der Waals surface area contributed by atoms with E-state index in [1.807, 2.05) is 24.3 Å². The smallest absolute Gasteiger partial charge is 0.245 e. The molecule has 1 aromatic heterocycles. The summed E-state index contributed by atoms with van der Waals surface area (Å²) in [5.41, 5.74) is 1.16. The van der Waals surface area contributed by atoms with Crippen molar-refractivity contribution in [2.45, 2.75) is 57.5 Å². The molecule has 0 radical (unpaired) electrons. The molecule has 2 aliphatic heterocycles. The second kappa shape index (κ2) is 6.60. The Morgan fingerprint density at radius 2 is 2.10 bits per heavy atom. The molecule has 2 unspecified atom stereocenters. The largest absolute Gasteiger partial charge is 0.341 e. The lowest BCUT2D eigenvalue weighted by atomic mass is 10.0. The van der Waals surface area contributed by atoms with E-state index < -0.39 is 0 Å². The van der Waals surface area contributed by atoms with Crippen LogP contribution in [0.15, 0.2) is 12.5 Å². The highest BCUT2D eigenvalue weighted by atomic mass is 16.2. The molecule has 0 spiro atoms. The van der Waals surface area contributed by atoms with Gasteiger partial charge < -0.3 is 14.8 Å². The van der Waals surface area contributed by atoms with Crippen molar-refractivity contribution < 1.29 is 4.79 Å². The van der Waals surface area contributed by atoms with E-state index in [1.165, 1.54) is 19.3 Å². The first kappa shape index (κ1) is 14.6. The molecule has 2 saturated heterocycles. The molecular formula is C16H26N4O. The van der Waals surface area contributed by atoms with Crippen molar-refractivity contribution >= 4 is 5.91 Å². The van der Waals surface area contributed by atoms with E-state index in [0.29, 0.717) is 6.04 Å². The maximum absolute atomic E-state index is 12.7. The molecule has 1 N–H and O–H groups in total. The number of rotatable bonds is 3. The van der Waals surface area contributed by atoms with Crippen LogP contribution < -0.4 is 5.32 Å². The SMILES string of the molecule is CC(C(=O)N1CCCCC1)n1cncc1C1CCCCN1. The van der Waals surface area contributed by atoms with Gasteiger partial charge in [0.05, 0.1) is 12.0 Å². The minimum Gasteiger partial charge on any atom is -0.341 e. The number of imidazole rings is 1. The average Bonchev–Trinajstić information content (AvgIpc) is 3.04. The summed E-state index contributed by atoms with van der Waals surface area (Å²) in [7, 11) is 0. The number of hydrogen-bond acceptors (Lipinski definition) is 3. The fourth-order valence-corrected chi connectivity index (χ4v) is 3.51. The lowest BCUT2D eigenvalue weighted by molar-refractivity contribution is -0.135. The zero-order valence-electron chi connectivity index (χ0n) is 12.9. The van der Waals surface area contributed by atoms with Gasteiger partial charge in [-0.25, -0.2) is 4.98 Å². The van der Waals surface area contributed by atoms with E-state index in [4.69, 9.17) is 0 Å². The van der Waals surface area contributed by atoms with Crippen LogP contribution in [0.4, 0.5) is 0 Å². The monoisotopic (exact) mass is 290 g/mol. The summed E-state index contributed by atoms with van der Waals surface area (Å²) in [6.07, 6.45) is 10.9. The van der Waals surface area contributed by atoms with Gasteiger partial charge in [0.15, 0.2) is 0 Å². The van der Waals surface area contributed by atoms with Gasteiger partial charge in [-0.05, 0) is 45.6 Å². The van der Waals surface area contributed by atoms with Gasteiger partial charge in [0.1, 0.15) is 6.04 Å². The highest BCUT2D eigenvalue weighted by Gasteiger charge is 2.27. The molecule has 0 aromatic carbocycles. The Kier molecular flexibility index (Phi) is 4.58. The molecule has 5 nitrogen and oxygen atoms in total. The molecule has 0 saturated carbocycles. The Morgan fingerprint density at radius 3 is 2.81 bits per heavy atom. The molecule has 2 atom stereocenters. The first-order valence-electron chi connectivity index (χ1n) is 8.31. The molecule has 2 aliphatic rings. The maximum atomic E-state index is 12.7. The fraction of sp³-hybridized carbons (Fsp3) is 0.750. The van der Waals surface area contributed by atoms with Crippen LogP contribution in [0.1, 0.15) is 63.2 Å². The number of piperidine rings is 2. The summed E-state index contributed by atoms with van der Waals surface area (Å²) >= 11 is 0. The van der Waals surface area contributed by atoms with Crippen molar-refractivity contribution in [2.24, 2.45) is 0 Å². The number of nitrogens with one attached hydrogen (secondary N) is 1. The number of amides is 1. The number of carbonyl (C=O) groups is 1. The van der Waals surface area contributed by atoms with Crippen LogP contribution in [0.3, 0.4) is 0 Å². The molecule has 3 heterocycles. The van der Waals surface area contributed by atoms with E-state index in [0.717, 1.165) is 44.6 Å². The molecule has 3 rings (SSSR count). The number of carbonyl (C=O) groups excluding carboxylic acids is 1. The first-order chi connectivity index (χ1) is 10.3. The van der Waals surface area contributed by atoms with Crippen LogP contribution >= 0.6 is 0 Å². The van der Waals surface area contributed by atoms with Crippen molar-refractivity contribution in [2.75, 3.05) is 19.6 Å². The van der Waals surface area contributed by atoms with Gasteiger partial charge in [0.25, 0.3) is 0 Å². The topological polar surface area (TPSA) is 50.2 Å². The van der Waals surface area contributed by atoms with Crippen LogP contribution in [0.5, 0.6) is 0 Å². The van der Waals surface area contributed by atoms with Gasteiger partial charge in [0.2, 0.25) is 5.91 Å². The minimum absolute atomic E-state index is 0.149. The van der Waals surface area contributed by atoms with E-state index >= 15 is 0 Å². The van der Waals surface area contributed by atoms with E-state index in [-0.39, 0.29) is 11.9 Å². The van der Waals surface area contributed by atoms with E-state index in [2.05, 4.69) is 14.9 Å². The Balaban J connectivity index is 1.73. The zero-order chi connectivity index (χ0) is 14.7. The van der Waals surface area contributed by atoms with Crippen molar-refractivity contribution in [1.29, 1.82) is 0 Å². The predicted octanol–water partition coefficient (Wildman–Crippen LogP) is 2.27. The Labute approximate surface area is 126 Å². The van der Waals surface area contributed by atoms with Gasteiger partial charge in [-0.2, -0.15) is 0 Å². The first-order valence-corrected chi connectivity index (χ1v) is 8.31. The third-order valence-electron chi connectivity index (χ3n) is 4.81. The molecule has 1 amide bonds. The van der Waals surface area contributed by atoms with E-state index in [1.54, 1.807) is 0 Å². The Bertz CT molecular complexity index is 472. The highest BCUT2D eigenvalue weighted by Crippen LogP contribution is 2.26. The normalized spacial score (nSPS) is 24.8. The Morgan fingerprint density at radius 1 is 1.29 bits per heavy atom.